The van der Waals surface area contributed by atoms with Crippen molar-refractivity contribution in [3.8, 4) is 5.75 Å². The zero-order valence-electron chi connectivity index (χ0n) is 21.3. The number of aromatic hydroxyl groups is 1. The van der Waals surface area contributed by atoms with Gasteiger partial charge in [-0.2, -0.15) is 0 Å². The van der Waals surface area contributed by atoms with Crippen molar-refractivity contribution in [2.75, 3.05) is 27.2 Å². The summed E-state index contributed by atoms with van der Waals surface area (Å²) >= 11 is 0. The summed E-state index contributed by atoms with van der Waals surface area (Å²) in [5.74, 6) is -6.63. The van der Waals surface area contributed by atoms with Crippen LogP contribution in [0.3, 0.4) is 0 Å². The van der Waals surface area contributed by atoms with Gasteiger partial charge in [0.25, 0.3) is 5.91 Å². The number of likely N-dealkylation sites (N-methyl/N-ethyl adjacent to an activating group) is 1. The first-order chi connectivity index (χ1) is 17.9. The van der Waals surface area contributed by atoms with E-state index >= 15 is 0 Å². The molecule has 0 spiro atoms. The molecule has 1 heterocycles. The maximum absolute atomic E-state index is 13.9. The maximum Gasteiger partial charge on any atom is 0.255 e. The number of hydrogen-bond donors (Lipinski definition) is 5. The van der Waals surface area contributed by atoms with E-state index in [1.165, 1.54) is 4.90 Å². The Kier molecular flexibility index (Phi) is 6.36. The number of ketones is 2. The minimum absolute atomic E-state index is 0.0481. The molecular weight excluding hydrogens is 497 g/mol. The number of primary amides is 1. The average Bonchev–Trinajstić information content (AvgIpc) is 2.84. The Morgan fingerprint density at radius 1 is 1.18 bits per heavy atom. The molecule has 1 aliphatic heterocycles. The fraction of sp³-hybridized carbons (Fsp3) is 0.519. The number of amides is 1. The molecule has 1 saturated heterocycles. The van der Waals surface area contributed by atoms with E-state index in [-0.39, 0.29) is 29.7 Å². The number of piperidine rings is 1. The fourth-order valence-electron chi connectivity index (χ4n) is 6.69. The SMILES string of the molecule is CN(C)C1C(=O)C(C(N)=O)=C(O)C2(O)C(=O)C3=C(O)c4c(ccc(CN5CCC(F)CC5)c4O)CC3CC12. The summed E-state index contributed by atoms with van der Waals surface area (Å²) in [6.07, 6.45) is 0.251. The Balaban J connectivity index is 1.59. The van der Waals surface area contributed by atoms with Gasteiger partial charge in [-0.25, -0.2) is 4.39 Å². The van der Waals surface area contributed by atoms with Crippen LogP contribution in [0.4, 0.5) is 4.39 Å². The van der Waals surface area contributed by atoms with Crippen molar-refractivity contribution in [3.05, 3.63) is 45.7 Å². The molecule has 6 N–H and O–H groups in total. The Bertz CT molecular complexity index is 1300. The van der Waals surface area contributed by atoms with Crippen LogP contribution in [0.1, 0.15) is 36.0 Å². The maximum atomic E-state index is 13.9. The second kappa shape index (κ2) is 9.18. The molecule has 4 atom stereocenters. The Labute approximate surface area is 218 Å². The summed E-state index contributed by atoms with van der Waals surface area (Å²) in [5, 5.41) is 45.0. The zero-order valence-corrected chi connectivity index (χ0v) is 21.3. The van der Waals surface area contributed by atoms with Crippen LogP contribution in [-0.4, -0.2) is 92.7 Å². The smallest absolute Gasteiger partial charge is 0.255 e. The number of fused-ring (bicyclic) bond motifs is 3. The number of nitrogens with two attached hydrogens (primary N) is 1. The molecule has 1 aromatic rings. The van der Waals surface area contributed by atoms with Crippen LogP contribution in [0.5, 0.6) is 5.75 Å². The largest absolute Gasteiger partial charge is 0.508 e. The van der Waals surface area contributed by atoms with Gasteiger partial charge in [-0.05, 0) is 51.3 Å². The van der Waals surface area contributed by atoms with Gasteiger partial charge < -0.3 is 26.2 Å². The molecule has 2 fully saturated rings. The first kappa shape index (κ1) is 26.3. The number of carbonyl (C=O) groups is 3. The van der Waals surface area contributed by atoms with Crippen molar-refractivity contribution in [3.63, 3.8) is 0 Å². The van der Waals surface area contributed by atoms with E-state index < -0.39 is 64.2 Å². The number of aliphatic hydroxyl groups excluding tert-OH is 2. The number of nitrogens with zero attached hydrogens (tertiary/aromatic N) is 2. The van der Waals surface area contributed by atoms with Gasteiger partial charge in [0.1, 0.15) is 29.0 Å². The number of likely N-dealkylation sites (tertiary alicyclic amines) is 1. The Morgan fingerprint density at radius 2 is 1.84 bits per heavy atom. The highest BCUT2D eigenvalue weighted by Crippen LogP contribution is 2.52. The number of phenols is 1. The number of phenolic OH excluding ortho intramolecular Hbond substituents is 1. The lowest BCUT2D eigenvalue weighted by molar-refractivity contribution is -0.153. The number of alkyl halides is 1. The Morgan fingerprint density at radius 3 is 2.45 bits per heavy atom. The van der Waals surface area contributed by atoms with Crippen LogP contribution in [0.2, 0.25) is 0 Å². The van der Waals surface area contributed by atoms with Gasteiger partial charge in [-0.3, -0.25) is 24.2 Å². The van der Waals surface area contributed by atoms with E-state index in [2.05, 4.69) is 0 Å². The van der Waals surface area contributed by atoms with Gasteiger partial charge in [0.2, 0.25) is 5.78 Å². The number of benzene rings is 1. The molecule has 5 rings (SSSR count). The van der Waals surface area contributed by atoms with Crippen LogP contribution in [-0.2, 0) is 27.3 Å². The Hall–Kier alpha value is -3.28. The molecule has 1 amide bonds. The molecule has 1 saturated carbocycles. The van der Waals surface area contributed by atoms with E-state index in [1.54, 1.807) is 26.2 Å². The molecule has 38 heavy (non-hydrogen) atoms. The predicted octanol–water partition coefficient (Wildman–Crippen LogP) is 0.898. The molecule has 204 valence electrons. The summed E-state index contributed by atoms with van der Waals surface area (Å²) in [5.41, 5.74) is 2.83. The molecule has 4 unspecified atom stereocenters. The third-order valence-corrected chi connectivity index (χ3v) is 8.59. The second-order valence-electron chi connectivity index (χ2n) is 11.0. The molecule has 4 aliphatic rings. The number of rotatable bonds is 4. The minimum atomic E-state index is -2.66. The first-order valence-corrected chi connectivity index (χ1v) is 12.7. The molecule has 10 nitrogen and oxygen atoms in total. The standard InChI is InChI=1S/C27H32FN3O7/c1-30(2)20-16-10-14-9-12-3-4-13(11-31-7-5-15(28)6-8-31)21(32)17(12)22(33)18(14)24(35)27(16,38)25(36)19(23(20)34)26(29)37/h3-4,14-16,20,32-33,36,38H,5-11H2,1-2H3,(H2,29,37). The second-order valence-corrected chi connectivity index (χ2v) is 11.0. The molecular formula is C27H32FN3O7. The van der Waals surface area contributed by atoms with Gasteiger partial charge in [-0.15, -0.1) is 0 Å². The van der Waals surface area contributed by atoms with E-state index in [4.69, 9.17) is 5.73 Å². The van der Waals surface area contributed by atoms with Crippen molar-refractivity contribution >= 4 is 23.2 Å². The highest BCUT2D eigenvalue weighted by molar-refractivity contribution is 6.24. The van der Waals surface area contributed by atoms with Crippen molar-refractivity contribution in [1.82, 2.24) is 9.80 Å². The van der Waals surface area contributed by atoms with E-state index in [9.17, 15) is 39.2 Å². The summed E-state index contributed by atoms with van der Waals surface area (Å²) in [6, 6.07) is 2.40. The molecule has 0 bridgehead atoms. The lowest BCUT2D eigenvalue weighted by atomic mass is 9.57. The van der Waals surface area contributed by atoms with Crippen LogP contribution in [0.15, 0.2) is 29.0 Å². The average molecular weight is 530 g/mol. The van der Waals surface area contributed by atoms with Crippen molar-refractivity contribution in [1.29, 1.82) is 0 Å². The predicted molar refractivity (Wildman–Crippen MR) is 134 cm³/mol. The number of halogens is 1. The summed E-state index contributed by atoms with van der Waals surface area (Å²) in [7, 11) is 3.12. The first-order valence-electron chi connectivity index (χ1n) is 12.7. The van der Waals surface area contributed by atoms with E-state index in [0.717, 1.165) is 0 Å². The monoisotopic (exact) mass is 529 g/mol. The van der Waals surface area contributed by atoms with Crippen molar-refractivity contribution in [2.24, 2.45) is 17.6 Å². The highest BCUT2D eigenvalue weighted by atomic mass is 19.1. The van der Waals surface area contributed by atoms with Crippen LogP contribution in [0.25, 0.3) is 5.76 Å². The van der Waals surface area contributed by atoms with Crippen molar-refractivity contribution in [2.45, 2.75) is 50.0 Å². The van der Waals surface area contributed by atoms with Gasteiger partial charge in [0.05, 0.1) is 11.6 Å². The van der Waals surface area contributed by atoms with E-state index in [1.807, 2.05) is 4.90 Å². The van der Waals surface area contributed by atoms with Gasteiger partial charge in [0.15, 0.2) is 11.4 Å². The molecule has 0 radical (unpaired) electrons. The molecule has 3 aliphatic carbocycles. The van der Waals surface area contributed by atoms with Crippen LogP contribution < -0.4 is 5.73 Å². The van der Waals surface area contributed by atoms with Crippen LogP contribution in [0, 0.1) is 11.8 Å². The lowest BCUT2D eigenvalue weighted by Gasteiger charge is -2.50. The summed E-state index contributed by atoms with van der Waals surface area (Å²) in [4.78, 5) is 42.5. The molecule has 1 aromatic carbocycles. The normalized spacial score (nSPS) is 30.4. The number of aliphatic hydroxyl groups is 3. The highest BCUT2D eigenvalue weighted by Gasteiger charge is 2.64. The van der Waals surface area contributed by atoms with Crippen LogP contribution >= 0.6 is 0 Å². The quantitative estimate of drug-likeness (QED) is 0.356. The van der Waals surface area contributed by atoms with E-state index in [0.29, 0.717) is 43.6 Å². The topological polar surface area (TPSA) is 165 Å². The molecule has 11 heteroatoms. The summed E-state index contributed by atoms with van der Waals surface area (Å²) < 4.78 is 13.5. The minimum Gasteiger partial charge on any atom is -0.508 e. The lowest BCUT2D eigenvalue weighted by Crippen LogP contribution is -2.65. The third-order valence-electron chi connectivity index (χ3n) is 8.59. The summed E-state index contributed by atoms with van der Waals surface area (Å²) in [6.45, 7) is 1.38. The van der Waals surface area contributed by atoms with Crippen molar-refractivity contribution < 1.29 is 39.2 Å². The van der Waals surface area contributed by atoms with Gasteiger partial charge in [0, 0.05) is 36.7 Å². The number of carbonyl (C=O) groups excluding carboxylic acids is 3. The third kappa shape index (κ3) is 3.75. The number of hydrogen-bond acceptors (Lipinski definition) is 9. The van der Waals surface area contributed by atoms with Gasteiger partial charge in [-0.1, -0.05) is 12.1 Å². The number of Topliss-reactive ketones (excluding diaryl/α,β-unsaturated/α-hetero) is 2. The fourth-order valence-corrected chi connectivity index (χ4v) is 6.69. The zero-order chi connectivity index (χ0) is 27.7. The van der Waals surface area contributed by atoms with Gasteiger partial charge >= 0.3 is 0 Å². The molecule has 0 aromatic heterocycles.